The topological polar surface area (TPSA) is 89.1 Å². The maximum atomic E-state index is 12.6. The highest BCUT2D eigenvalue weighted by molar-refractivity contribution is 6.08. The molecule has 1 aromatic carbocycles. The van der Waals surface area contributed by atoms with Gasteiger partial charge in [-0.25, -0.2) is 9.97 Å². The molecule has 1 aliphatic rings. The number of hydrogen-bond acceptors (Lipinski definition) is 5. The van der Waals surface area contributed by atoms with E-state index in [1.54, 1.807) is 18.2 Å². The fourth-order valence-corrected chi connectivity index (χ4v) is 2.75. The van der Waals surface area contributed by atoms with Gasteiger partial charge in [0, 0.05) is 11.3 Å². The molecule has 7 nitrogen and oxygen atoms in total. The number of hydrogen-bond donors (Lipinski definition) is 2. The lowest BCUT2D eigenvalue weighted by Gasteiger charge is -2.18. The molecule has 1 amide bonds. The second-order valence-corrected chi connectivity index (χ2v) is 5.63. The monoisotopic (exact) mass is 324 g/mol. The third kappa shape index (κ3) is 2.34. The molecule has 0 radical (unpaired) electrons. The fourth-order valence-electron chi connectivity index (χ4n) is 2.75. The van der Waals surface area contributed by atoms with E-state index in [9.17, 15) is 4.79 Å². The minimum absolute atomic E-state index is 0.259. The number of nitrogens with one attached hydrogen (secondary N) is 2. The second kappa shape index (κ2) is 5.52. The van der Waals surface area contributed by atoms with Crippen molar-refractivity contribution in [1.29, 1.82) is 0 Å². The van der Waals surface area contributed by atoms with Gasteiger partial charge in [0.2, 0.25) is 0 Å². The fraction of sp³-hybridized carbons (Fsp3) is 0.235. The maximum Gasteiger partial charge on any atom is 0.256 e. The van der Waals surface area contributed by atoms with E-state index in [1.807, 2.05) is 13.8 Å². The van der Waals surface area contributed by atoms with Crippen molar-refractivity contribution in [3.05, 3.63) is 41.3 Å². The average Bonchev–Trinajstić information content (AvgIpc) is 2.90. The molecule has 0 spiro atoms. The van der Waals surface area contributed by atoms with Crippen molar-refractivity contribution in [2.45, 2.75) is 13.8 Å². The summed E-state index contributed by atoms with van der Waals surface area (Å²) >= 11 is 0. The van der Waals surface area contributed by atoms with Crippen LogP contribution in [0.5, 0.6) is 11.5 Å². The first-order chi connectivity index (χ1) is 11.6. The van der Waals surface area contributed by atoms with E-state index in [-0.39, 0.29) is 5.91 Å². The first-order valence-electron chi connectivity index (χ1n) is 7.64. The zero-order valence-corrected chi connectivity index (χ0v) is 13.3. The van der Waals surface area contributed by atoms with Gasteiger partial charge >= 0.3 is 0 Å². The van der Waals surface area contributed by atoms with Gasteiger partial charge in [0.25, 0.3) is 5.91 Å². The van der Waals surface area contributed by atoms with Crippen LogP contribution < -0.4 is 14.8 Å². The number of carbonyl (C=O) groups excluding carboxylic acids is 1. The SMILES string of the molecule is Cc1[nH]c2ncnc(NC(=O)c3ccc4c(c3)OCCO4)c2c1C. The molecule has 0 unspecified atom stereocenters. The third-order valence-corrected chi connectivity index (χ3v) is 4.13. The van der Waals surface area contributed by atoms with E-state index < -0.39 is 0 Å². The normalized spacial score (nSPS) is 13.1. The molecular weight excluding hydrogens is 308 g/mol. The van der Waals surface area contributed by atoms with Crippen LogP contribution in [0.3, 0.4) is 0 Å². The summed E-state index contributed by atoms with van der Waals surface area (Å²) < 4.78 is 11.0. The summed E-state index contributed by atoms with van der Waals surface area (Å²) in [6, 6.07) is 5.12. The van der Waals surface area contributed by atoms with Crippen molar-refractivity contribution >= 4 is 22.8 Å². The smallest absolute Gasteiger partial charge is 0.256 e. The van der Waals surface area contributed by atoms with Gasteiger partial charge < -0.3 is 19.8 Å². The molecule has 122 valence electrons. The highest BCUT2D eigenvalue weighted by Crippen LogP contribution is 2.31. The number of amides is 1. The van der Waals surface area contributed by atoms with Crippen LogP contribution in [0.1, 0.15) is 21.6 Å². The number of aryl methyl sites for hydroxylation is 2. The third-order valence-electron chi connectivity index (χ3n) is 4.13. The molecule has 0 saturated heterocycles. The Bertz CT molecular complexity index is 948. The molecular formula is C17H16N4O3. The van der Waals surface area contributed by atoms with E-state index in [0.29, 0.717) is 41.7 Å². The van der Waals surface area contributed by atoms with E-state index in [4.69, 9.17) is 9.47 Å². The Morgan fingerprint density at radius 2 is 1.96 bits per heavy atom. The number of nitrogens with zero attached hydrogens (tertiary/aromatic N) is 2. The summed E-state index contributed by atoms with van der Waals surface area (Å²) in [6.07, 6.45) is 1.43. The van der Waals surface area contributed by atoms with Gasteiger partial charge in [-0.2, -0.15) is 0 Å². The first-order valence-corrected chi connectivity index (χ1v) is 7.64. The highest BCUT2D eigenvalue weighted by atomic mass is 16.6. The Kier molecular flexibility index (Phi) is 3.34. The first kappa shape index (κ1) is 14.5. The second-order valence-electron chi connectivity index (χ2n) is 5.63. The number of benzene rings is 1. The molecule has 24 heavy (non-hydrogen) atoms. The predicted octanol–water partition coefficient (Wildman–Crippen LogP) is 2.60. The van der Waals surface area contributed by atoms with Crippen molar-refractivity contribution in [2.24, 2.45) is 0 Å². The Hall–Kier alpha value is -3.09. The Morgan fingerprint density at radius 1 is 1.17 bits per heavy atom. The minimum Gasteiger partial charge on any atom is -0.486 e. The van der Waals surface area contributed by atoms with Gasteiger partial charge in [0.1, 0.15) is 31.0 Å². The molecule has 4 rings (SSSR count). The molecule has 0 fully saturated rings. The predicted molar refractivity (Wildman–Crippen MR) is 88.7 cm³/mol. The van der Waals surface area contributed by atoms with Crippen LogP contribution in [0, 0.1) is 13.8 Å². The summed E-state index contributed by atoms with van der Waals surface area (Å²) in [4.78, 5) is 24.2. The Balaban J connectivity index is 1.67. The summed E-state index contributed by atoms with van der Waals surface area (Å²) in [5.41, 5.74) is 3.21. The minimum atomic E-state index is -0.259. The molecule has 1 aliphatic heterocycles. The lowest BCUT2D eigenvalue weighted by Crippen LogP contribution is -2.17. The van der Waals surface area contributed by atoms with E-state index in [0.717, 1.165) is 16.6 Å². The number of fused-ring (bicyclic) bond motifs is 2. The molecule has 0 bridgehead atoms. The number of rotatable bonds is 2. The van der Waals surface area contributed by atoms with Gasteiger partial charge in [-0.15, -0.1) is 0 Å². The van der Waals surface area contributed by atoms with Gasteiger partial charge in [0.05, 0.1) is 5.39 Å². The van der Waals surface area contributed by atoms with Crippen LogP contribution in [0.25, 0.3) is 11.0 Å². The summed E-state index contributed by atoms with van der Waals surface area (Å²) in [5.74, 6) is 1.46. The molecule has 3 aromatic rings. The number of aromatic amines is 1. The van der Waals surface area contributed by atoms with E-state index >= 15 is 0 Å². The maximum absolute atomic E-state index is 12.6. The van der Waals surface area contributed by atoms with E-state index in [1.165, 1.54) is 6.33 Å². The molecule has 2 aromatic heterocycles. The number of anilines is 1. The molecule has 2 N–H and O–H groups in total. The van der Waals surface area contributed by atoms with Crippen molar-refractivity contribution in [2.75, 3.05) is 18.5 Å². The van der Waals surface area contributed by atoms with Gasteiger partial charge in [0.15, 0.2) is 11.5 Å². The number of ether oxygens (including phenoxy) is 2. The summed E-state index contributed by atoms with van der Waals surface area (Å²) in [5, 5.41) is 3.68. The van der Waals surface area contributed by atoms with Gasteiger partial charge in [-0.1, -0.05) is 0 Å². The quantitative estimate of drug-likeness (QED) is 0.756. The molecule has 0 atom stereocenters. The van der Waals surface area contributed by atoms with Crippen LogP contribution in [0.2, 0.25) is 0 Å². The molecule has 0 aliphatic carbocycles. The zero-order chi connectivity index (χ0) is 16.7. The lowest BCUT2D eigenvalue weighted by atomic mass is 10.1. The average molecular weight is 324 g/mol. The van der Waals surface area contributed by atoms with Crippen LogP contribution in [0.4, 0.5) is 5.82 Å². The number of H-pyrrole nitrogens is 1. The lowest BCUT2D eigenvalue weighted by molar-refractivity contribution is 0.102. The van der Waals surface area contributed by atoms with Crippen LogP contribution >= 0.6 is 0 Å². The highest BCUT2D eigenvalue weighted by Gasteiger charge is 2.17. The Labute approximate surface area is 138 Å². The van der Waals surface area contributed by atoms with Crippen LogP contribution in [0.15, 0.2) is 24.5 Å². The summed E-state index contributed by atoms with van der Waals surface area (Å²) in [7, 11) is 0. The Morgan fingerprint density at radius 3 is 2.79 bits per heavy atom. The van der Waals surface area contributed by atoms with Gasteiger partial charge in [-0.05, 0) is 37.6 Å². The zero-order valence-electron chi connectivity index (χ0n) is 13.3. The summed E-state index contributed by atoms with van der Waals surface area (Å²) in [6.45, 7) is 4.93. The van der Waals surface area contributed by atoms with Crippen molar-refractivity contribution < 1.29 is 14.3 Å². The van der Waals surface area contributed by atoms with Gasteiger partial charge in [-0.3, -0.25) is 4.79 Å². The standard InChI is InChI=1S/C17H16N4O3/c1-9-10(2)20-15-14(9)16(19-8-18-15)21-17(22)11-3-4-12-13(7-11)24-6-5-23-12/h3-4,7-8H,5-6H2,1-2H3,(H2,18,19,20,21,22). The van der Waals surface area contributed by atoms with Crippen molar-refractivity contribution in [3.63, 3.8) is 0 Å². The molecule has 7 heteroatoms. The van der Waals surface area contributed by atoms with Crippen LogP contribution in [-0.4, -0.2) is 34.1 Å². The van der Waals surface area contributed by atoms with Crippen molar-refractivity contribution in [3.8, 4) is 11.5 Å². The van der Waals surface area contributed by atoms with Crippen LogP contribution in [-0.2, 0) is 0 Å². The molecule has 0 saturated carbocycles. The largest absolute Gasteiger partial charge is 0.486 e. The van der Waals surface area contributed by atoms with Crippen molar-refractivity contribution in [1.82, 2.24) is 15.0 Å². The number of carbonyl (C=O) groups is 1. The molecule has 3 heterocycles. The number of aromatic nitrogens is 3. The van der Waals surface area contributed by atoms with E-state index in [2.05, 4.69) is 20.3 Å².